The molecule has 0 spiro atoms. The Bertz CT molecular complexity index is 3140. The Hall–Kier alpha value is -7.02. The highest BCUT2D eigenvalue weighted by atomic mass is 32.1. The Labute approximate surface area is 314 Å². The molecular weight excluding hydrogens is 679 g/mol. The van der Waals surface area contributed by atoms with Gasteiger partial charge in [-0.05, 0) is 47.2 Å². The van der Waals surface area contributed by atoms with Crippen LogP contribution in [0.5, 0.6) is 0 Å². The van der Waals surface area contributed by atoms with Crippen LogP contribution in [0, 0.1) is 0 Å². The van der Waals surface area contributed by atoms with E-state index >= 15 is 0 Å². The van der Waals surface area contributed by atoms with Gasteiger partial charge in [0.15, 0.2) is 17.5 Å². The van der Waals surface area contributed by atoms with E-state index in [1.54, 1.807) is 0 Å². The Balaban J connectivity index is 1.15. The van der Waals surface area contributed by atoms with Gasteiger partial charge in [-0.3, -0.25) is 0 Å². The van der Waals surface area contributed by atoms with Gasteiger partial charge in [0.1, 0.15) is 0 Å². The number of nitrogens with zero attached hydrogens (tertiary/aromatic N) is 5. The van der Waals surface area contributed by atoms with E-state index in [2.05, 4.69) is 120 Å². The lowest BCUT2D eigenvalue weighted by Gasteiger charge is -2.13. The summed E-state index contributed by atoms with van der Waals surface area (Å²) in [5, 5.41) is 5.95. The summed E-state index contributed by atoms with van der Waals surface area (Å²) < 4.78 is 4.91. The van der Waals surface area contributed by atoms with Crippen LogP contribution >= 0.6 is 11.3 Å². The van der Waals surface area contributed by atoms with E-state index in [0.717, 1.165) is 44.7 Å². The molecule has 0 unspecified atom stereocenters. The number of hydrogen-bond acceptors (Lipinski definition) is 5. The third-order valence-corrected chi connectivity index (χ3v) is 11.5. The monoisotopic (exact) mass is 707 g/mol. The average Bonchev–Trinajstić information content (AvgIpc) is 3.79. The summed E-state index contributed by atoms with van der Waals surface area (Å²) in [5.74, 6) is 1.92. The number of fused-ring (bicyclic) bond motifs is 8. The van der Waals surface area contributed by atoms with E-state index in [4.69, 9.17) is 19.9 Å². The molecule has 0 aliphatic heterocycles. The van der Waals surface area contributed by atoms with Crippen molar-refractivity contribution in [1.29, 1.82) is 0 Å². The van der Waals surface area contributed by atoms with E-state index in [0.29, 0.717) is 17.5 Å². The zero-order chi connectivity index (χ0) is 35.6. The maximum atomic E-state index is 5.44. The zero-order valence-corrected chi connectivity index (χ0v) is 29.7. The van der Waals surface area contributed by atoms with Gasteiger partial charge in [0.05, 0.1) is 26.9 Å². The molecule has 6 heteroatoms. The fourth-order valence-electron chi connectivity index (χ4n) is 7.74. The van der Waals surface area contributed by atoms with Gasteiger partial charge < -0.3 is 4.57 Å². The quantitative estimate of drug-likeness (QED) is 0.179. The van der Waals surface area contributed by atoms with Crippen molar-refractivity contribution in [3.63, 3.8) is 0 Å². The lowest BCUT2D eigenvalue weighted by molar-refractivity contribution is 1.07. The minimum Gasteiger partial charge on any atom is -0.308 e. The second kappa shape index (κ2) is 12.3. The number of rotatable bonds is 5. The Morgan fingerprint density at radius 3 is 1.67 bits per heavy atom. The smallest absolute Gasteiger partial charge is 0.164 e. The SMILES string of the molecule is c1ccc(-c2nc(-c3ccccc3)nc(-c3ccc(-n4c5ccccc5c5sc6c7ccccc7nc(-c7cccc8ccccc78)c6c54)cc3)n2)cc1. The maximum Gasteiger partial charge on any atom is 0.164 e. The molecule has 0 atom stereocenters. The van der Waals surface area contributed by atoms with Crippen molar-refractivity contribution in [1.82, 2.24) is 24.5 Å². The summed E-state index contributed by atoms with van der Waals surface area (Å²) in [6.45, 7) is 0. The highest BCUT2D eigenvalue weighted by Gasteiger charge is 2.24. The number of hydrogen-bond donors (Lipinski definition) is 0. The molecule has 0 radical (unpaired) electrons. The third kappa shape index (κ3) is 4.85. The van der Waals surface area contributed by atoms with Crippen molar-refractivity contribution in [3.05, 3.63) is 176 Å². The van der Waals surface area contributed by atoms with Gasteiger partial charge >= 0.3 is 0 Å². The van der Waals surface area contributed by atoms with Crippen LogP contribution in [-0.2, 0) is 0 Å². The summed E-state index contributed by atoms with van der Waals surface area (Å²) in [5.41, 5.74) is 9.33. The van der Waals surface area contributed by atoms with Crippen LogP contribution in [0.3, 0.4) is 0 Å². The molecule has 0 saturated heterocycles. The van der Waals surface area contributed by atoms with E-state index in [1.807, 2.05) is 72.0 Å². The predicted molar refractivity (Wildman–Crippen MR) is 224 cm³/mol. The van der Waals surface area contributed by atoms with Crippen molar-refractivity contribution in [3.8, 4) is 51.1 Å². The summed E-state index contributed by atoms with van der Waals surface area (Å²) >= 11 is 1.86. The van der Waals surface area contributed by atoms with Crippen molar-refractivity contribution in [2.75, 3.05) is 0 Å². The molecule has 5 nitrogen and oxygen atoms in total. The summed E-state index contributed by atoms with van der Waals surface area (Å²) in [6.07, 6.45) is 0. The second-order valence-corrected chi connectivity index (χ2v) is 14.4. The largest absolute Gasteiger partial charge is 0.308 e. The first-order chi connectivity index (χ1) is 26.8. The highest BCUT2D eigenvalue weighted by molar-refractivity contribution is 7.27. The molecule has 0 amide bonds. The van der Waals surface area contributed by atoms with Crippen molar-refractivity contribution in [2.45, 2.75) is 0 Å². The molecule has 7 aromatic carbocycles. The molecule has 0 fully saturated rings. The molecule has 0 bridgehead atoms. The van der Waals surface area contributed by atoms with Gasteiger partial charge in [0.2, 0.25) is 0 Å². The molecule has 54 heavy (non-hydrogen) atoms. The first-order valence-electron chi connectivity index (χ1n) is 18.0. The van der Waals surface area contributed by atoms with Crippen LogP contribution < -0.4 is 0 Å². The van der Waals surface area contributed by atoms with Gasteiger partial charge in [-0.15, -0.1) is 11.3 Å². The van der Waals surface area contributed by atoms with Crippen LogP contribution in [0.25, 0.3) is 104 Å². The molecule has 0 N–H and O–H groups in total. The summed E-state index contributed by atoms with van der Waals surface area (Å²) in [4.78, 5) is 20.3. The summed E-state index contributed by atoms with van der Waals surface area (Å²) in [7, 11) is 0. The predicted octanol–water partition coefficient (Wildman–Crippen LogP) is 12.6. The standard InChI is InChI=1S/C48H29N5S/c1-3-15-31(16-4-1)46-50-47(32-17-5-2-6-18-32)52-48(51-46)33-26-28-34(29-27-33)53-40-25-12-10-22-38(40)45-43(53)41-42(36-23-13-19-30-14-7-8-20-35(30)36)49-39-24-11-9-21-37(39)44(41)54-45/h1-29H. The van der Waals surface area contributed by atoms with Gasteiger partial charge in [-0.1, -0.05) is 140 Å². The first kappa shape index (κ1) is 30.6. The lowest BCUT2D eigenvalue weighted by atomic mass is 9.98. The van der Waals surface area contributed by atoms with E-state index < -0.39 is 0 Å². The van der Waals surface area contributed by atoms with Crippen molar-refractivity contribution in [2.24, 2.45) is 0 Å². The van der Waals surface area contributed by atoms with E-state index in [1.165, 1.54) is 41.8 Å². The second-order valence-electron chi connectivity index (χ2n) is 13.4. The topological polar surface area (TPSA) is 56.5 Å². The molecule has 0 saturated carbocycles. The van der Waals surface area contributed by atoms with Crippen molar-refractivity contribution >= 4 is 64.2 Å². The number of aromatic nitrogens is 5. The lowest BCUT2D eigenvalue weighted by Crippen LogP contribution is -2.00. The van der Waals surface area contributed by atoms with E-state index in [-0.39, 0.29) is 0 Å². The average molecular weight is 708 g/mol. The Morgan fingerprint density at radius 1 is 0.407 bits per heavy atom. The molecule has 11 aromatic rings. The molecule has 11 rings (SSSR count). The Morgan fingerprint density at radius 2 is 0.963 bits per heavy atom. The van der Waals surface area contributed by atoms with Gasteiger partial charge in [0.25, 0.3) is 0 Å². The minimum absolute atomic E-state index is 0.631. The molecular formula is C48H29N5S. The van der Waals surface area contributed by atoms with Gasteiger partial charge in [-0.25, -0.2) is 19.9 Å². The highest BCUT2D eigenvalue weighted by Crippen LogP contribution is 2.48. The minimum atomic E-state index is 0.631. The molecule has 0 aliphatic rings. The molecule has 252 valence electrons. The first-order valence-corrected chi connectivity index (χ1v) is 18.8. The molecule has 4 aromatic heterocycles. The maximum absolute atomic E-state index is 5.44. The normalized spacial score (nSPS) is 11.7. The number of benzene rings is 7. The van der Waals surface area contributed by atoms with Crippen LogP contribution in [0.15, 0.2) is 176 Å². The third-order valence-electron chi connectivity index (χ3n) is 10.2. The number of para-hydroxylation sites is 2. The van der Waals surface area contributed by atoms with Crippen LogP contribution in [0.2, 0.25) is 0 Å². The molecule has 0 aliphatic carbocycles. The van der Waals surface area contributed by atoms with Gasteiger partial charge in [-0.2, -0.15) is 0 Å². The van der Waals surface area contributed by atoms with Crippen LogP contribution in [-0.4, -0.2) is 24.5 Å². The molecule has 4 heterocycles. The zero-order valence-electron chi connectivity index (χ0n) is 28.9. The van der Waals surface area contributed by atoms with Crippen LogP contribution in [0.1, 0.15) is 0 Å². The fourth-order valence-corrected chi connectivity index (χ4v) is 9.10. The number of thiophene rings is 1. The Kier molecular flexibility index (Phi) is 6.97. The van der Waals surface area contributed by atoms with E-state index in [9.17, 15) is 0 Å². The van der Waals surface area contributed by atoms with Gasteiger partial charge in [0, 0.05) is 48.8 Å². The van der Waals surface area contributed by atoms with Crippen molar-refractivity contribution < 1.29 is 0 Å². The number of pyridine rings is 1. The summed E-state index contributed by atoms with van der Waals surface area (Å²) in [6, 6.07) is 61.2. The van der Waals surface area contributed by atoms with Crippen LogP contribution in [0.4, 0.5) is 0 Å². The fraction of sp³-hybridized carbons (Fsp3) is 0.